The summed E-state index contributed by atoms with van der Waals surface area (Å²) in [6.45, 7) is 0.172. The maximum absolute atomic E-state index is 11.8. The van der Waals surface area contributed by atoms with Gasteiger partial charge in [-0.2, -0.15) is 0 Å². The Balaban J connectivity index is 1.78. The molecule has 3 amide bonds. The molecule has 1 aromatic heterocycles. The number of carbonyl (C=O) groups excluding carboxylic acids is 2. The highest BCUT2D eigenvalue weighted by Crippen LogP contribution is 2.08. The summed E-state index contributed by atoms with van der Waals surface area (Å²) in [5, 5.41) is 18.0. The van der Waals surface area contributed by atoms with Gasteiger partial charge in [-0.3, -0.25) is 10.1 Å². The van der Waals surface area contributed by atoms with Crippen molar-refractivity contribution < 1.29 is 24.2 Å². The van der Waals surface area contributed by atoms with E-state index in [4.69, 9.17) is 5.11 Å². The molecular weight excluding hydrogens is 270 g/mol. The molecule has 0 fully saturated rings. The zero-order valence-electron chi connectivity index (χ0n) is 10.5. The minimum Gasteiger partial charge on any atom is -0.480 e. The highest BCUT2D eigenvalue weighted by molar-refractivity contribution is 5.95. The molecule has 2 heterocycles. The number of nitrogens with one attached hydrogen (secondary N) is 1. The van der Waals surface area contributed by atoms with E-state index in [1.807, 2.05) is 4.57 Å². The SMILES string of the molecule is O=C(O)COCC(=O)NC(=O)N1CCn2cnnc2C1. The van der Waals surface area contributed by atoms with Gasteiger partial charge < -0.3 is 19.3 Å². The zero-order valence-corrected chi connectivity index (χ0v) is 10.5. The second-order valence-electron chi connectivity index (χ2n) is 4.10. The lowest BCUT2D eigenvalue weighted by Gasteiger charge is -2.26. The number of carboxylic acids is 1. The number of nitrogens with zero attached hydrogens (tertiary/aromatic N) is 4. The Morgan fingerprint density at radius 3 is 2.90 bits per heavy atom. The van der Waals surface area contributed by atoms with Gasteiger partial charge in [-0.15, -0.1) is 10.2 Å². The number of rotatable bonds is 4. The maximum Gasteiger partial charge on any atom is 0.329 e. The molecule has 10 heteroatoms. The molecule has 1 aliphatic rings. The molecule has 0 radical (unpaired) electrons. The monoisotopic (exact) mass is 283 g/mol. The van der Waals surface area contributed by atoms with Crippen molar-refractivity contribution in [2.24, 2.45) is 0 Å². The van der Waals surface area contributed by atoms with Crippen molar-refractivity contribution in [3.8, 4) is 0 Å². The molecule has 0 saturated heterocycles. The largest absolute Gasteiger partial charge is 0.480 e. The van der Waals surface area contributed by atoms with Gasteiger partial charge in [0.15, 0.2) is 5.82 Å². The van der Waals surface area contributed by atoms with E-state index in [0.717, 1.165) is 0 Å². The number of carboxylic acid groups (broad SMARTS) is 1. The number of hydrogen-bond acceptors (Lipinski definition) is 6. The van der Waals surface area contributed by atoms with Gasteiger partial charge in [-0.25, -0.2) is 9.59 Å². The van der Waals surface area contributed by atoms with Crippen molar-refractivity contribution in [3.05, 3.63) is 12.2 Å². The van der Waals surface area contributed by atoms with Crippen molar-refractivity contribution in [1.29, 1.82) is 0 Å². The number of hydrogen-bond donors (Lipinski definition) is 2. The van der Waals surface area contributed by atoms with Gasteiger partial charge in [0.2, 0.25) is 0 Å². The predicted octanol–water partition coefficient (Wildman–Crippen LogP) is -1.57. The van der Waals surface area contributed by atoms with E-state index in [1.165, 1.54) is 4.90 Å². The normalized spacial score (nSPS) is 13.7. The van der Waals surface area contributed by atoms with Crippen molar-refractivity contribution in [2.75, 3.05) is 19.8 Å². The average Bonchev–Trinajstić information content (AvgIpc) is 2.85. The quantitative estimate of drug-likeness (QED) is 0.683. The lowest BCUT2D eigenvalue weighted by Crippen LogP contribution is -2.47. The molecule has 0 aliphatic carbocycles. The first-order valence-corrected chi connectivity index (χ1v) is 5.81. The smallest absolute Gasteiger partial charge is 0.329 e. The fourth-order valence-electron chi connectivity index (χ4n) is 1.71. The maximum atomic E-state index is 11.8. The third kappa shape index (κ3) is 3.51. The minimum atomic E-state index is -1.18. The van der Waals surface area contributed by atoms with Crippen LogP contribution in [0.25, 0.3) is 0 Å². The predicted molar refractivity (Wildman–Crippen MR) is 62.4 cm³/mol. The molecular formula is C10H13N5O5. The van der Waals surface area contributed by atoms with E-state index in [9.17, 15) is 14.4 Å². The lowest BCUT2D eigenvalue weighted by atomic mass is 10.4. The van der Waals surface area contributed by atoms with Crippen LogP contribution in [0.1, 0.15) is 5.82 Å². The van der Waals surface area contributed by atoms with Crippen LogP contribution in [0.15, 0.2) is 6.33 Å². The summed E-state index contributed by atoms with van der Waals surface area (Å²) in [5.41, 5.74) is 0. The van der Waals surface area contributed by atoms with Crippen molar-refractivity contribution in [2.45, 2.75) is 13.1 Å². The van der Waals surface area contributed by atoms with Crippen molar-refractivity contribution >= 4 is 17.9 Å². The molecule has 1 aliphatic heterocycles. The van der Waals surface area contributed by atoms with Gasteiger partial charge in [0, 0.05) is 13.1 Å². The van der Waals surface area contributed by atoms with Gasteiger partial charge in [0.25, 0.3) is 5.91 Å². The molecule has 0 aromatic carbocycles. The second kappa shape index (κ2) is 6.10. The van der Waals surface area contributed by atoms with Gasteiger partial charge in [-0.1, -0.05) is 0 Å². The molecule has 2 rings (SSSR count). The Hall–Kier alpha value is -2.49. The lowest BCUT2D eigenvalue weighted by molar-refractivity contribution is -0.143. The molecule has 0 atom stereocenters. The van der Waals surface area contributed by atoms with E-state index < -0.39 is 31.1 Å². The van der Waals surface area contributed by atoms with Crippen LogP contribution in [0.3, 0.4) is 0 Å². The number of imide groups is 1. The number of urea groups is 1. The summed E-state index contributed by atoms with van der Waals surface area (Å²) >= 11 is 0. The summed E-state index contributed by atoms with van der Waals surface area (Å²) in [6.07, 6.45) is 1.58. The van der Waals surface area contributed by atoms with Crippen molar-refractivity contribution in [1.82, 2.24) is 25.0 Å². The summed E-state index contributed by atoms with van der Waals surface area (Å²) < 4.78 is 6.40. The topological polar surface area (TPSA) is 127 Å². The first-order valence-electron chi connectivity index (χ1n) is 5.81. The van der Waals surface area contributed by atoms with Gasteiger partial charge >= 0.3 is 12.0 Å². The van der Waals surface area contributed by atoms with Crippen LogP contribution in [-0.4, -0.2) is 62.4 Å². The highest BCUT2D eigenvalue weighted by Gasteiger charge is 2.23. The van der Waals surface area contributed by atoms with Gasteiger partial charge in [0.1, 0.15) is 19.5 Å². The van der Waals surface area contributed by atoms with E-state index in [0.29, 0.717) is 18.9 Å². The third-order valence-corrected chi connectivity index (χ3v) is 2.63. The fraction of sp³-hybridized carbons (Fsp3) is 0.500. The standard InChI is InChI=1S/C10H13N5O5/c16-8(4-20-5-9(17)18)12-10(19)14-1-2-15-6-11-13-7(15)3-14/h6H,1-5H2,(H,17,18)(H,12,16,19). The van der Waals surface area contributed by atoms with Crippen LogP contribution in [-0.2, 0) is 27.4 Å². The first-order chi connectivity index (χ1) is 9.56. The minimum absolute atomic E-state index is 0.259. The second-order valence-corrected chi connectivity index (χ2v) is 4.10. The van der Waals surface area contributed by atoms with Crippen molar-refractivity contribution in [3.63, 3.8) is 0 Å². The van der Waals surface area contributed by atoms with Crippen LogP contribution in [0.2, 0.25) is 0 Å². The van der Waals surface area contributed by atoms with E-state index in [-0.39, 0.29) is 6.54 Å². The van der Waals surface area contributed by atoms with Crippen LogP contribution in [0.5, 0.6) is 0 Å². The number of fused-ring (bicyclic) bond motifs is 1. The Morgan fingerprint density at radius 1 is 1.35 bits per heavy atom. The fourth-order valence-corrected chi connectivity index (χ4v) is 1.71. The van der Waals surface area contributed by atoms with Crippen LogP contribution in [0, 0.1) is 0 Å². The average molecular weight is 283 g/mol. The van der Waals surface area contributed by atoms with Crippen LogP contribution in [0.4, 0.5) is 4.79 Å². The molecule has 20 heavy (non-hydrogen) atoms. The molecule has 0 spiro atoms. The highest BCUT2D eigenvalue weighted by atomic mass is 16.5. The number of amides is 3. The molecule has 0 saturated carbocycles. The Labute approximate surface area is 113 Å². The molecule has 108 valence electrons. The molecule has 2 N–H and O–H groups in total. The van der Waals surface area contributed by atoms with E-state index in [2.05, 4.69) is 20.3 Å². The van der Waals surface area contributed by atoms with E-state index >= 15 is 0 Å². The summed E-state index contributed by atoms with van der Waals surface area (Å²) in [6, 6.07) is -0.567. The Morgan fingerprint density at radius 2 is 2.15 bits per heavy atom. The Bertz CT molecular complexity index is 528. The van der Waals surface area contributed by atoms with E-state index in [1.54, 1.807) is 6.33 Å². The zero-order chi connectivity index (χ0) is 14.5. The summed E-state index contributed by atoms with van der Waals surface area (Å²) in [7, 11) is 0. The Kier molecular flexibility index (Phi) is 4.25. The molecule has 0 unspecified atom stereocenters. The van der Waals surface area contributed by atoms with Gasteiger partial charge in [0.05, 0.1) is 6.54 Å². The summed E-state index contributed by atoms with van der Waals surface area (Å²) in [5.74, 6) is -1.23. The third-order valence-electron chi connectivity index (χ3n) is 2.63. The number of aromatic nitrogens is 3. The van der Waals surface area contributed by atoms with Crippen LogP contribution >= 0.6 is 0 Å². The summed E-state index contributed by atoms with van der Waals surface area (Å²) in [4.78, 5) is 34.8. The number of ether oxygens (including phenoxy) is 1. The first kappa shape index (κ1) is 13.9. The molecule has 0 bridgehead atoms. The van der Waals surface area contributed by atoms with Crippen LogP contribution < -0.4 is 5.32 Å². The van der Waals surface area contributed by atoms with Gasteiger partial charge in [-0.05, 0) is 0 Å². The molecule has 10 nitrogen and oxygen atoms in total. The molecule has 1 aromatic rings. The number of aliphatic carboxylic acids is 1. The number of carbonyl (C=O) groups is 3.